The van der Waals surface area contributed by atoms with Crippen LogP contribution in [0.2, 0.25) is 10.0 Å². The molecule has 1 aromatic carbocycles. The Bertz CT molecular complexity index is 656. The first-order valence-electron chi connectivity index (χ1n) is 7.91. The maximum Gasteiger partial charge on any atom is 0.408 e. The quantitative estimate of drug-likeness (QED) is 0.865. The number of alkyl carbamates (subject to hydrolysis) is 1. The molecule has 0 radical (unpaired) electrons. The molecule has 1 aliphatic heterocycles. The Kier molecular flexibility index (Phi) is 5.66. The van der Waals surface area contributed by atoms with E-state index in [1.165, 1.54) is 0 Å². The van der Waals surface area contributed by atoms with E-state index in [2.05, 4.69) is 5.32 Å². The third-order valence-corrected chi connectivity index (χ3v) is 4.55. The fraction of sp³-hybridized carbons (Fsp3) is 0.529. The minimum absolute atomic E-state index is 0.180. The predicted octanol–water partition coefficient (Wildman–Crippen LogP) is 4.19. The van der Waals surface area contributed by atoms with Crippen molar-refractivity contribution in [2.75, 3.05) is 11.4 Å². The Morgan fingerprint density at radius 1 is 1.33 bits per heavy atom. The van der Waals surface area contributed by atoms with Crippen LogP contribution in [0.5, 0.6) is 0 Å². The van der Waals surface area contributed by atoms with Crippen molar-refractivity contribution in [1.29, 1.82) is 0 Å². The second kappa shape index (κ2) is 7.19. The smallest absolute Gasteiger partial charge is 0.408 e. The van der Waals surface area contributed by atoms with Crippen molar-refractivity contribution in [3.63, 3.8) is 0 Å². The SMILES string of the molecule is CC[C@H](NC(=O)OC(C)(C)C)C(=O)N1CCc2c1ccc(Cl)c2Cl. The van der Waals surface area contributed by atoms with Crippen LogP contribution in [0.3, 0.4) is 0 Å². The Balaban J connectivity index is 2.14. The highest BCUT2D eigenvalue weighted by molar-refractivity contribution is 6.42. The maximum atomic E-state index is 12.8. The molecule has 0 unspecified atom stereocenters. The number of fused-ring (bicyclic) bond motifs is 1. The van der Waals surface area contributed by atoms with Gasteiger partial charge in [0.05, 0.1) is 10.0 Å². The average Bonchev–Trinajstić information content (AvgIpc) is 2.90. The topological polar surface area (TPSA) is 58.6 Å². The van der Waals surface area contributed by atoms with E-state index in [-0.39, 0.29) is 5.91 Å². The lowest BCUT2D eigenvalue weighted by Crippen LogP contribution is -2.49. The van der Waals surface area contributed by atoms with Crippen LogP contribution in [-0.4, -0.2) is 30.2 Å². The summed E-state index contributed by atoms with van der Waals surface area (Å²) in [5.41, 5.74) is 0.999. The van der Waals surface area contributed by atoms with E-state index in [0.717, 1.165) is 11.3 Å². The normalized spacial score (nSPS) is 15.0. The number of anilines is 1. The molecule has 2 rings (SSSR count). The molecule has 1 atom stereocenters. The Morgan fingerprint density at radius 3 is 2.58 bits per heavy atom. The minimum atomic E-state index is -0.653. The molecule has 7 heteroatoms. The van der Waals surface area contributed by atoms with Crippen LogP contribution in [0.1, 0.15) is 39.7 Å². The Morgan fingerprint density at radius 2 is 2.00 bits per heavy atom. The summed E-state index contributed by atoms with van der Waals surface area (Å²) in [5, 5.41) is 3.60. The second-order valence-corrected chi connectivity index (χ2v) is 7.49. The molecular weight excluding hydrogens is 351 g/mol. The van der Waals surface area contributed by atoms with Gasteiger partial charge in [0.25, 0.3) is 0 Å². The highest BCUT2D eigenvalue weighted by Gasteiger charge is 2.32. The summed E-state index contributed by atoms with van der Waals surface area (Å²) in [7, 11) is 0. The molecule has 0 fully saturated rings. The molecule has 5 nitrogen and oxygen atoms in total. The van der Waals surface area contributed by atoms with E-state index in [0.29, 0.717) is 29.4 Å². The summed E-state index contributed by atoms with van der Waals surface area (Å²) in [6.07, 6.45) is 0.505. The van der Waals surface area contributed by atoms with Crippen LogP contribution < -0.4 is 10.2 Å². The van der Waals surface area contributed by atoms with Gasteiger partial charge in [0.15, 0.2) is 0 Å². The Labute approximate surface area is 152 Å². The molecule has 0 saturated carbocycles. The third-order valence-electron chi connectivity index (χ3n) is 3.71. The van der Waals surface area contributed by atoms with Crippen LogP contribution in [0.25, 0.3) is 0 Å². The zero-order valence-electron chi connectivity index (χ0n) is 14.3. The number of carbonyl (C=O) groups excluding carboxylic acids is 2. The number of nitrogens with zero attached hydrogens (tertiary/aromatic N) is 1. The van der Waals surface area contributed by atoms with Crippen LogP contribution in [0.15, 0.2) is 12.1 Å². The molecule has 0 bridgehead atoms. The zero-order valence-corrected chi connectivity index (χ0v) is 15.8. The predicted molar refractivity (Wildman–Crippen MR) is 96.0 cm³/mol. The molecule has 1 N–H and O–H groups in total. The van der Waals surface area contributed by atoms with Crippen molar-refractivity contribution in [3.05, 3.63) is 27.7 Å². The first kappa shape index (κ1) is 18.9. The fourth-order valence-electron chi connectivity index (χ4n) is 2.62. The number of carbonyl (C=O) groups is 2. The first-order valence-corrected chi connectivity index (χ1v) is 8.67. The van der Waals surface area contributed by atoms with Gasteiger partial charge in [0.1, 0.15) is 11.6 Å². The highest BCUT2D eigenvalue weighted by atomic mass is 35.5. The minimum Gasteiger partial charge on any atom is -0.444 e. The summed E-state index contributed by atoms with van der Waals surface area (Å²) < 4.78 is 5.23. The van der Waals surface area contributed by atoms with Gasteiger partial charge in [-0.25, -0.2) is 4.79 Å². The molecule has 0 saturated heterocycles. The lowest BCUT2D eigenvalue weighted by atomic mass is 10.1. The molecule has 1 aromatic rings. The van der Waals surface area contributed by atoms with Crippen molar-refractivity contribution in [1.82, 2.24) is 5.32 Å². The van der Waals surface area contributed by atoms with Gasteiger partial charge >= 0.3 is 6.09 Å². The van der Waals surface area contributed by atoms with Gasteiger partial charge in [0, 0.05) is 12.2 Å². The van der Waals surface area contributed by atoms with Gasteiger partial charge in [-0.05, 0) is 51.3 Å². The van der Waals surface area contributed by atoms with Crippen LogP contribution >= 0.6 is 23.2 Å². The van der Waals surface area contributed by atoms with E-state index < -0.39 is 17.7 Å². The number of benzene rings is 1. The number of halogens is 2. The summed E-state index contributed by atoms with van der Waals surface area (Å²) in [4.78, 5) is 26.4. The molecule has 1 heterocycles. The summed E-state index contributed by atoms with van der Waals surface area (Å²) in [6.45, 7) is 7.68. The van der Waals surface area contributed by atoms with Crippen LogP contribution in [0.4, 0.5) is 10.5 Å². The van der Waals surface area contributed by atoms with Crippen molar-refractivity contribution in [2.45, 2.75) is 52.2 Å². The molecule has 1 aliphatic rings. The van der Waals surface area contributed by atoms with Crippen LogP contribution in [-0.2, 0) is 16.0 Å². The zero-order chi connectivity index (χ0) is 18.1. The van der Waals surface area contributed by atoms with Crippen molar-refractivity contribution >= 4 is 40.9 Å². The molecular formula is C17H22Cl2N2O3. The van der Waals surface area contributed by atoms with Gasteiger partial charge < -0.3 is 15.0 Å². The van der Waals surface area contributed by atoms with Gasteiger partial charge in [-0.3, -0.25) is 4.79 Å². The molecule has 0 spiro atoms. The third kappa shape index (κ3) is 4.14. The van der Waals surface area contributed by atoms with E-state index in [1.54, 1.807) is 37.8 Å². The number of nitrogens with one attached hydrogen (secondary N) is 1. The maximum absolute atomic E-state index is 12.8. The van der Waals surface area contributed by atoms with E-state index in [9.17, 15) is 9.59 Å². The van der Waals surface area contributed by atoms with E-state index in [1.807, 2.05) is 6.92 Å². The summed E-state index contributed by atoms with van der Waals surface area (Å²) >= 11 is 12.3. The van der Waals surface area contributed by atoms with Crippen molar-refractivity contribution < 1.29 is 14.3 Å². The fourth-order valence-corrected chi connectivity index (χ4v) is 3.05. The number of hydrogen-bond donors (Lipinski definition) is 1. The molecule has 0 aliphatic carbocycles. The first-order chi connectivity index (χ1) is 11.1. The molecule has 132 valence electrons. The van der Waals surface area contributed by atoms with Crippen molar-refractivity contribution in [3.8, 4) is 0 Å². The van der Waals surface area contributed by atoms with Gasteiger partial charge in [-0.2, -0.15) is 0 Å². The van der Waals surface area contributed by atoms with Gasteiger partial charge in [-0.15, -0.1) is 0 Å². The molecule has 0 aromatic heterocycles. The van der Waals surface area contributed by atoms with Crippen molar-refractivity contribution in [2.24, 2.45) is 0 Å². The monoisotopic (exact) mass is 372 g/mol. The highest BCUT2D eigenvalue weighted by Crippen LogP contribution is 2.38. The standard InChI is InChI=1S/C17H22Cl2N2O3/c1-5-12(20-16(23)24-17(2,3)4)15(22)21-9-8-10-13(21)7-6-11(18)14(10)19/h6-7,12H,5,8-9H2,1-4H3,(H,20,23)/t12-/m0/s1. The van der Waals surface area contributed by atoms with Gasteiger partial charge in [-0.1, -0.05) is 30.1 Å². The number of rotatable bonds is 3. The van der Waals surface area contributed by atoms with E-state index in [4.69, 9.17) is 27.9 Å². The Hall–Kier alpha value is -1.46. The average molecular weight is 373 g/mol. The van der Waals surface area contributed by atoms with Crippen LogP contribution in [0, 0.1) is 0 Å². The number of amides is 2. The lowest BCUT2D eigenvalue weighted by molar-refractivity contribution is -0.120. The van der Waals surface area contributed by atoms with E-state index >= 15 is 0 Å². The lowest BCUT2D eigenvalue weighted by Gasteiger charge is -2.26. The summed E-state index contributed by atoms with van der Waals surface area (Å²) in [6, 6.07) is 2.81. The number of ether oxygens (including phenoxy) is 1. The second-order valence-electron chi connectivity index (χ2n) is 6.71. The largest absolute Gasteiger partial charge is 0.444 e. The molecule has 24 heavy (non-hydrogen) atoms. The summed E-state index contributed by atoms with van der Waals surface area (Å²) in [5.74, 6) is -0.180. The number of hydrogen-bond acceptors (Lipinski definition) is 3. The molecule has 2 amide bonds. The van der Waals surface area contributed by atoms with Gasteiger partial charge in [0.2, 0.25) is 5.91 Å².